The van der Waals surface area contributed by atoms with Crippen LogP contribution in [0.5, 0.6) is 5.75 Å². The standard InChI is InChI=1S/C22H24N4O3/c1-2-3-12-29-18-11-7-10-17(13-18)22(28)25-21-19(20(23)27)26(15-24-21)14-16-8-5-4-6-9-16/h4-11,13,15H,2-3,12,14H2,1H3,(H2,23,27)(H,25,28). The first-order valence-electron chi connectivity index (χ1n) is 9.51. The predicted octanol–water partition coefficient (Wildman–Crippen LogP) is 3.46. The first-order chi connectivity index (χ1) is 14.1. The third-order valence-electron chi connectivity index (χ3n) is 4.36. The highest BCUT2D eigenvalue weighted by Gasteiger charge is 2.19. The fraction of sp³-hybridized carbons (Fsp3) is 0.227. The number of rotatable bonds is 9. The fourth-order valence-corrected chi connectivity index (χ4v) is 2.87. The number of nitrogens with zero attached hydrogens (tertiary/aromatic N) is 2. The Labute approximate surface area is 169 Å². The summed E-state index contributed by atoms with van der Waals surface area (Å²) < 4.78 is 7.27. The van der Waals surface area contributed by atoms with Gasteiger partial charge in [-0.05, 0) is 30.2 Å². The molecule has 7 heteroatoms. The quantitative estimate of drug-likeness (QED) is 0.545. The minimum atomic E-state index is -0.662. The Morgan fingerprint density at radius 2 is 1.93 bits per heavy atom. The highest BCUT2D eigenvalue weighted by Crippen LogP contribution is 2.18. The molecule has 0 aliphatic carbocycles. The molecule has 0 aliphatic heterocycles. The Balaban J connectivity index is 1.77. The molecule has 0 bridgehead atoms. The molecular weight excluding hydrogens is 368 g/mol. The van der Waals surface area contributed by atoms with Gasteiger partial charge < -0.3 is 20.4 Å². The number of amides is 2. The number of benzene rings is 2. The third-order valence-corrected chi connectivity index (χ3v) is 4.36. The fourth-order valence-electron chi connectivity index (χ4n) is 2.87. The van der Waals surface area contributed by atoms with Crippen molar-refractivity contribution in [1.29, 1.82) is 0 Å². The molecule has 3 aromatic rings. The van der Waals surface area contributed by atoms with Gasteiger partial charge in [0.1, 0.15) is 5.75 Å². The van der Waals surface area contributed by atoms with Crippen LogP contribution in [0, 0.1) is 0 Å². The zero-order valence-corrected chi connectivity index (χ0v) is 16.3. The lowest BCUT2D eigenvalue weighted by Gasteiger charge is -2.09. The summed E-state index contributed by atoms with van der Waals surface area (Å²) in [4.78, 5) is 28.9. The molecular formula is C22H24N4O3. The van der Waals surface area contributed by atoms with E-state index in [9.17, 15) is 9.59 Å². The number of nitrogens with one attached hydrogen (secondary N) is 1. The lowest BCUT2D eigenvalue weighted by molar-refractivity contribution is 0.0993. The number of ether oxygens (including phenoxy) is 1. The van der Waals surface area contributed by atoms with E-state index < -0.39 is 11.8 Å². The number of carbonyl (C=O) groups is 2. The number of carbonyl (C=O) groups excluding carboxylic acids is 2. The van der Waals surface area contributed by atoms with Crippen LogP contribution in [0.2, 0.25) is 0 Å². The van der Waals surface area contributed by atoms with Crippen molar-refractivity contribution >= 4 is 17.6 Å². The van der Waals surface area contributed by atoms with Gasteiger partial charge in [-0.1, -0.05) is 49.7 Å². The second-order valence-electron chi connectivity index (χ2n) is 6.60. The van der Waals surface area contributed by atoms with Gasteiger partial charge in [0, 0.05) is 12.1 Å². The lowest BCUT2D eigenvalue weighted by atomic mass is 10.2. The van der Waals surface area contributed by atoms with Crippen LogP contribution in [0.25, 0.3) is 0 Å². The van der Waals surface area contributed by atoms with Gasteiger partial charge in [0.25, 0.3) is 11.8 Å². The summed E-state index contributed by atoms with van der Waals surface area (Å²) >= 11 is 0. The maximum atomic E-state index is 12.7. The smallest absolute Gasteiger partial charge is 0.269 e. The Morgan fingerprint density at radius 3 is 2.66 bits per heavy atom. The number of imidazole rings is 1. The minimum Gasteiger partial charge on any atom is -0.494 e. The van der Waals surface area contributed by atoms with Gasteiger partial charge in [-0.3, -0.25) is 9.59 Å². The van der Waals surface area contributed by atoms with E-state index in [1.54, 1.807) is 28.8 Å². The summed E-state index contributed by atoms with van der Waals surface area (Å²) in [5, 5.41) is 2.68. The van der Waals surface area contributed by atoms with E-state index in [0.717, 1.165) is 18.4 Å². The molecule has 0 aliphatic rings. The second-order valence-corrected chi connectivity index (χ2v) is 6.60. The van der Waals surface area contributed by atoms with Gasteiger partial charge in [0.2, 0.25) is 0 Å². The van der Waals surface area contributed by atoms with Crippen molar-refractivity contribution in [3.05, 3.63) is 77.7 Å². The van der Waals surface area contributed by atoms with Gasteiger partial charge in [0.05, 0.1) is 12.9 Å². The molecule has 2 aromatic carbocycles. The van der Waals surface area contributed by atoms with Crippen LogP contribution in [-0.4, -0.2) is 28.0 Å². The summed E-state index contributed by atoms with van der Waals surface area (Å²) in [5.74, 6) is -0.296. The molecule has 29 heavy (non-hydrogen) atoms. The van der Waals surface area contributed by atoms with Crippen LogP contribution in [-0.2, 0) is 6.54 Å². The Bertz CT molecular complexity index is 983. The van der Waals surface area contributed by atoms with Crippen LogP contribution in [0.3, 0.4) is 0 Å². The van der Waals surface area contributed by atoms with Gasteiger partial charge in [0.15, 0.2) is 11.5 Å². The number of hydrogen-bond donors (Lipinski definition) is 2. The van der Waals surface area contributed by atoms with Crippen molar-refractivity contribution < 1.29 is 14.3 Å². The number of primary amides is 1. The van der Waals surface area contributed by atoms with E-state index in [1.165, 1.54) is 6.33 Å². The van der Waals surface area contributed by atoms with E-state index in [-0.39, 0.29) is 11.5 Å². The number of aromatic nitrogens is 2. The molecule has 0 radical (unpaired) electrons. The maximum Gasteiger partial charge on any atom is 0.269 e. The first kappa shape index (κ1) is 20.1. The molecule has 0 unspecified atom stereocenters. The van der Waals surface area contributed by atoms with E-state index in [2.05, 4.69) is 17.2 Å². The molecule has 0 atom stereocenters. The van der Waals surface area contributed by atoms with Crippen LogP contribution in [0.1, 0.15) is 46.2 Å². The summed E-state index contributed by atoms with van der Waals surface area (Å²) in [6.07, 6.45) is 3.46. The maximum absolute atomic E-state index is 12.7. The molecule has 7 nitrogen and oxygen atoms in total. The molecule has 1 aromatic heterocycles. The molecule has 3 rings (SSSR count). The normalized spacial score (nSPS) is 10.5. The van der Waals surface area contributed by atoms with Crippen molar-refractivity contribution in [2.24, 2.45) is 5.73 Å². The Hall–Kier alpha value is -3.61. The SMILES string of the molecule is CCCCOc1cccc(C(=O)Nc2ncn(Cc3ccccc3)c2C(N)=O)c1. The predicted molar refractivity (Wildman–Crippen MR) is 111 cm³/mol. The number of unbranched alkanes of at least 4 members (excludes halogenated alkanes) is 1. The molecule has 3 N–H and O–H groups in total. The van der Waals surface area contributed by atoms with Crippen molar-refractivity contribution in [3.8, 4) is 5.75 Å². The van der Waals surface area contributed by atoms with Gasteiger partial charge >= 0.3 is 0 Å². The van der Waals surface area contributed by atoms with E-state index in [0.29, 0.717) is 24.5 Å². The van der Waals surface area contributed by atoms with Crippen molar-refractivity contribution in [2.45, 2.75) is 26.3 Å². The van der Waals surface area contributed by atoms with E-state index >= 15 is 0 Å². The van der Waals surface area contributed by atoms with Gasteiger partial charge in [-0.25, -0.2) is 4.98 Å². The average Bonchev–Trinajstić information content (AvgIpc) is 3.11. The summed E-state index contributed by atoms with van der Waals surface area (Å²) in [7, 11) is 0. The van der Waals surface area contributed by atoms with Gasteiger partial charge in [-0.2, -0.15) is 0 Å². The van der Waals surface area contributed by atoms with Crippen molar-refractivity contribution in [3.63, 3.8) is 0 Å². The van der Waals surface area contributed by atoms with Crippen LogP contribution >= 0.6 is 0 Å². The highest BCUT2D eigenvalue weighted by atomic mass is 16.5. The average molecular weight is 392 g/mol. The van der Waals surface area contributed by atoms with Crippen molar-refractivity contribution in [2.75, 3.05) is 11.9 Å². The molecule has 0 fully saturated rings. The molecule has 0 spiro atoms. The minimum absolute atomic E-state index is 0.135. The second kappa shape index (κ2) is 9.54. The molecule has 2 amide bonds. The highest BCUT2D eigenvalue weighted by molar-refractivity contribution is 6.07. The van der Waals surface area contributed by atoms with Crippen LogP contribution < -0.4 is 15.8 Å². The molecule has 0 saturated carbocycles. The molecule has 0 saturated heterocycles. The largest absolute Gasteiger partial charge is 0.494 e. The summed E-state index contributed by atoms with van der Waals surface area (Å²) in [5.41, 5.74) is 7.10. The van der Waals surface area contributed by atoms with Crippen LogP contribution in [0.4, 0.5) is 5.82 Å². The van der Waals surface area contributed by atoms with E-state index in [1.807, 2.05) is 30.3 Å². The topological polar surface area (TPSA) is 99.2 Å². The summed E-state index contributed by atoms with van der Waals surface area (Å²) in [6.45, 7) is 3.10. The van der Waals surface area contributed by atoms with Gasteiger partial charge in [-0.15, -0.1) is 0 Å². The van der Waals surface area contributed by atoms with E-state index in [4.69, 9.17) is 10.5 Å². The zero-order valence-electron chi connectivity index (χ0n) is 16.3. The first-order valence-corrected chi connectivity index (χ1v) is 9.51. The van der Waals surface area contributed by atoms with Crippen LogP contribution in [0.15, 0.2) is 60.9 Å². The number of nitrogens with two attached hydrogens (primary N) is 1. The molecule has 150 valence electrons. The lowest BCUT2D eigenvalue weighted by Crippen LogP contribution is -2.21. The third kappa shape index (κ3) is 5.22. The Kier molecular flexibility index (Phi) is 6.63. The number of anilines is 1. The number of hydrogen-bond acceptors (Lipinski definition) is 4. The monoisotopic (exact) mass is 392 g/mol. The zero-order chi connectivity index (χ0) is 20.6. The molecule has 1 heterocycles. The Morgan fingerprint density at radius 1 is 1.14 bits per heavy atom. The summed E-state index contributed by atoms with van der Waals surface area (Å²) in [6, 6.07) is 16.5. The van der Waals surface area contributed by atoms with Crippen molar-refractivity contribution in [1.82, 2.24) is 9.55 Å².